The van der Waals surface area contributed by atoms with Gasteiger partial charge in [0.05, 0.1) is 0 Å². The smallest absolute Gasteiger partial charge is 0.240 e. The Kier molecular flexibility index (Phi) is 6.94. The first-order valence-electron chi connectivity index (χ1n) is 6.00. The normalized spacial score (nSPS) is 18.1. The molecule has 1 atom stereocenters. The Hall–Kier alpha value is -0.636. The van der Waals surface area contributed by atoms with Crippen LogP contribution in [0, 0.1) is 6.08 Å². The predicted octanol–water partition coefficient (Wildman–Crippen LogP) is 2.86. The maximum absolute atomic E-state index is 11.8. The van der Waals surface area contributed by atoms with Gasteiger partial charge in [0.25, 0.3) is 0 Å². The molecule has 1 aliphatic rings. The number of allylic oxidation sites excluding steroid dienone is 1. The van der Waals surface area contributed by atoms with E-state index in [-0.39, 0.29) is 38.6 Å². The predicted molar refractivity (Wildman–Crippen MR) is 75.8 cm³/mol. The summed E-state index contributed by atoms with van der Waals surface area (Å²) >= 11 is 5.90. The van der Waals surface area contributed by atoms with Crippen LogP contribution in [-0.2, 0) is 37.5 Å². The minimum absolute atomic E-state index is 0. The number of carbonyl (C=O) groups is 1. The molecule has 1 aliphatic heterocycles. The van der Waals surface area contributed by atoms with E-state index < -0.39 is 5.38 Å². The summed E-state index contributed by atoms with van der Waals surface area (Å²) in [5, 5.41) is -0.510. The topological polar surface area (TPSA) is 29.5 Å². The summed E-state index contributed by atoms with van der Waals surface area (Å²) < 4.78 is 5.41. The van der Waals surface area contributed by atoms with Gasteiger partial charge in [0.2, 0.25) is 5.91 Å². The Morgan fingerprint density at radius 3 is 2.75 bits per heavy atom. The summed E-state index contributed by atoms with van der Waals surface area (Å²) in [7, 11) is 1.71. The van der Waals surface area contributed by atoms with Crippen molar-refractivity contribution in [2.24, 2.45) is 0 Å². The van der Waals surface area contributed by atoms with E-state index in [0.29, 0.717) is 13.0 Å². The number of hydrogen-bond acceptors (Lipinski definition) is 2. The largest absolute Gasteiger partial charge is 0.490 e. The number of rotatable bonds is 4. The standard InChI is InChI=1S/C15H15ClNO2.Y/c1-3-10-19-12-6-4-11(5-7-12)14-9-8-13(16)15(18)17(14)2;/h3-7,13H,1,8,10H2,2H3;/q-1;. The van der Waals surface area contributed by atoms with Crippen LogP contribution in [0.2, 0.25) is 0 Å². The van der Waals surface area contributed by atoms with Crippen LogP contribution in [0.4, 0.5) is 0 Å². The van der Waals surface area contributed by atoms with Crippen LogP contribution in [0.1, 0.15) is 12.0 Å². The van der Waals surface area contributed by atoms with Crippen LogP contribution in [-0.4, -0.2) is 29.8 Å². The van der Waals surface area contributed by atoms with Gasteiger partial charge in [-0.15, -0.1) is 29.4 Å². The van der Waals surface area contributed by atoms with E-state index in [9.17, 15) is 4.79 Å². The third-order valence-corrected chi connectivity index (χ3v) is 3.22. The molecule has 1 heterocycles. The molecule has 0 saturated carbocycles. The third-order valence-electron chi connectivity index (χ3n) is 2.88. The van der Waals surface area contributed by atoms with Gasteiger partial charge in [-0.2, -0.15) is 5.56 Å². The second-order valence-electron chi connectivity index (χ2n) is 4.22. The molecular weight excluding hydrogens is 351 g/mol. The molecule has 0 saturated heterocycles. The van der Waals surface area contributed by atoms with Gasteiger partial charge in [-0.1, -0.05) is 19.1 Å². The molecule has 1 amide bonds. The molecule has 20 heavy (non-hydrogen) atoms. The van der Waals surface area contributed by atoms with E-state index in [1.165, 1.54) is 0 Å². The van der Waals surface area contributed by atoms with E-state index in [0.717, 1.165) is 17.0 Å². The van der Waals surface area contributed by atoms with Gasteiger partial charge in [-0.05, 0) is 12.1 Å². The van der Waals surface area contributed by atoms with Crippen molar-refractivity contribution >= 4 is 23.2 Å². The molecule has 2 rings (SSSR count). The molecule has 0 aliphatic carbocycles. The van der Waals surface area contributed by atoms with Crippen molar-refractivity contribution in [2.45, 2.75) is 11.8 Å². The second-order valence-corrected chi connectivity index (χ2v) is 4.75. The quantitative estimate of drug-likeness (QED) is 0.466. The fourth-order valence-electron chi connectivity index (χ4n) is 1.87. The molecule has 1 aromatic rings. The molecule has 103 valence electrons. The van der Waals surface area contributed by atoms with Gasteiger partial charge in [0, 0.05) is 39.8 Å². The number of halogens is 1. The number of amides is 1. The Morgan fingerprint density at radius 1 is 1.50 bits per heavy atom. The molecule has 0 spiro atoms. The monoisotopic (exact) mass is 365 g/mol. The Balaban J connectivity index is 0.00000200. The summed E-state index contributed by atoms with van der Waals surface area (Å²) in [4.78, 5) is 13.4. The van der Waals surface area contributed by atoms with Crippen LogP contribution in [0.5, 0.6) is 5.75 Å². The summed E-state index contributed by atoms with van der Waals surface area (Å²) in [5.74, 6) is 0.673. The number of carbonyl (C=O) groups excluding carboxylic acids is 1. The van der Waals surface area contributed by atoms with Gasteiger partial charge >= 0.3 is 0 Å². The van der Waals surface area contributed by atoms with Crippen molar-refractivity contribution in [2.75, 3.05) is 13.7 Å². The van der Waals surface area contributed by atoms with Crippen LogP contribution in [0.3, 0.4) is 0 Å². The van der Waals surface area contributed by atoms with Crippen molar-refractivity contribution in [3.63, 3.8) is 0 Å². The second kappa shape index (κ2) is 7.97. The number of hydrogen-bond donors (Lipinski definition) is 0. The first-order valence-corrected chi connectivity index (χ1v) is 6.43. The molecular formula is C15H15ClNO2Y-. The fraction of sp³-hybridized carbons (Fsp3) is 0.267. The first kappa shape index (κ1) is 17.4. The van der Waals surface area contributed by atoms with Crippen LogP contribution < -0.4 is 4.74 Å². The van der Waals surface area contributed by atoms with E-state index >= 15 is 0 Å². The zero-order chi connectivity index (χ0) is 13.8. The number of ether oxygens (including phenoxy) is 1. The van der Waals surface area contributed by atoms with E-state index in [1.807, 2.05) is 24.3 Å². The SMILES string of the molecule is C=CCOc1ccc(C2=[C-]CC(Cl)C(=O)N2C)cc1.[Y]. The van der Waals surface area contributed by atoms with Crippen LogP contribution in [0.15, 0.2) is 36.9 Å². The van der Waals surface area contributed by atoms with Gasteiger partial charge in [0.15, 0.2) is 0 Å². The maximum atomic E-state index is 11.8. The third kappa shape index (κ3) is 3.94. The van der Waals surface area contributed by atoms with Crippen LogP contribution >= 0.6 is 11.6 Å². The van der Waals surface area contributed by atoms with Crippen molar-refractivity contribution in [1.29, 1.82) is 0 Å². The number of benzene rings is 1. The average molecular weight is 366 g/mol. The summed E-state index contributed by atoms with van der Waals surface area (Å²) in [6, 6.07) is 7.52. The first-order chi connectivity index (χ1) is 9.13. The molecule has 0 aromatic heterocycles. The average Bonchev–Trinajstić information content (AvgIpc) is 2.44. The molecule has 0 bridgehead atoms. The minimum Gasteiger partial charge on any atom is -0.490 e. The van der Waals surface area contributed by atoms with Crippen molar-refractivity contribution < 1.29 is 42.2 Å². The van der Waals surface area contributed by atoms with E-state index in [2.05, 4.69) is 12.7 Å². The fourth-order valence-corrected chi connectivity index (χ4v) is 2.10. The number of nitrogens with zero attached hydrogens (tertiary/aromatic N) is 1. The van der Waals surface area contributed by atoms with Crippen molar-refractivity contribution in [1.82, 2.24) is 4.90 Å². The van der Waals surface area contributed by atoms with Gasteiger partial charge in [-0.25, -0.2) is 6.08 Å². The molecule has 0 fully saturated rings. The summed E-state index contributed by atoms with van der Waals surface area (Å²) in [5.41, 5.74) is 1.68. The summed E-state index contributed by atoms with van der Waals surface area (Å²) in [6.07, 6.45) is 5.29. The molecule has 1 aromatic carbocycles. The van der Waals surface area contributed by atoms with Gasteiger partial charge in [-0.3, -0.25) is 4.79 Å². The van der Waals surface area contributed by atoms with Crippen molar-refractivity contribution in [3.8, 4) is 5.75 Å². The Morgan fingerprint density at radius 2 is 2.15 bits per heavy atom. The minimum atomic E-state index is -0.510. The van der Waals surface area contributed by atoms with Gasteiger partial charge in [0.1, 0.15) is 17.7 Å². The van der Waals surface area contributed by atoms with Crippen LogP contribution in [0.25, 0.3) is 5.70 Å². The zero-order valence-electron chi connectivity index (χ0n) is 11.3. The Labute approximate surface area is 149 Å². The maximum Gasteiger partial charge on any atom is 0.240 e. The molecule has 5 heteroatoms. The summed E-state index contributed by atoms with van der Waals surface area (Å²) in [6.45, 7) is 4.07. The molecule has 1 radical (unpaired) electrons. The molecule has 3 nitrogen and oxygen atoms in total. The number of alkyl halides is 1. The molecule has 0 N–H and O–H groups in total. The molecule has 1 unspecified atom stereocenters. The Bertz CT molecular complexity index is 513. The van der Waals surface area contributed by atoms with Gasteiger partial charge < -0.3 is 9.64 Å². The van der Waals surface area contributed by atoms with E-state index in [1.54, 1.807) is 18.0 Å². The zero-order valence-corrected chi connectivity index (χ0v) is 14.9. The van der Waals surface area contributed by atoms with E-state index in [4.69, 9.17) is 16.3 Å². The van der Waals surface area contributed by atoms with Crippen molar-refractivity contribution in [3.05, 3.63) is 48.6 Å².